The summed E-state index contributed by atoms with van der Waals surface area (Å²) >= 11 is 2.81. The first kappa shape index (κ1) is 17.3. The molecular weight excluding hydrogens is 357 g/mol. The van der Waals surface area contributed by atoms with Crippen molar-refractivity contribution in [2.45, 2.75) is 37.8 Å². The lowest BCUT2D eigenvalue weighted by Gasteiger charge is -2.30. The fourth-order valence-corrected chi connectivity index (χ4v) is 2.31. The van der Waals surface area contributed by atoms with Crippen LogP contribution in [0.5, 0.6) is 0 Å². The number of rotatable bonds is 3. The van der Waals surface area contributed by atoms with Gasteiger partial charge < -0.3 is 0 Å². The first-order chi connectivity index (χ1) is 8.93. The van der Waals surface area contributed by atoms with Crippen LogP contribution < -0.4 is 0 Å². The van der Waals surface area contributed by atoms with Gasteiger partial charge >= 0.3 is 18.0 Å². The van der Waals surface area contributed by atoms with E-state index in [0.717, 1.165) is 0 Å². The third-order valence-electron chi connectivity index (χ3n) is 2.68. The zero-order valence-electron chi connectivity index (χ0n) is 10.2. The number of halogens is 8. The summed E-state index contributed by atoms with van der Waals surface area (Å²) in [6.07, 6.45) is -11.4. The van der Waals surface area contributed by atoms with Crippen LogP contribution in [0.2, 0.25) is 0 Å². The molecule has 0 atom stereocenters. The van der Waals surface area contributed by atoms with Gasteiger partial charge in [-0.05, 0) is 24.1 Å². The molecule has 0 aliphatic heterocycles. The Bertz CT molecular complexity index is 462. The van der Waals surface area contributed by atoms with Crippen LogP contribution in [-0.4, -0.2) is 12.4 Å². The van der Waals surface area contributed by atoms with E-state index in [0.29, 0.717) is 18.6 Å². The topological polar surface area (TPSA) is 0 Å². The molecule has 0 aromatic heterocycles. The van der Waals surface area contributed by atoms with Gasteiger partial charge in [-0.15, -0.1) is 0 Å². The molecule has 0 nitrogen and oxygen atoms in total. The number of aryl methyl sites for hydroxylation is 1. The number of alkyl halides is 7. The molecule has 1 rings (SSSR count). The molecule has 0 radical (unpaired) electrons. The highest BCUT2D eigenvalue weighted by Gasteiger charge is 2.73. The van der Waals surface area contributed by atoms with E-state index >= 15 is 0 Å². The molecule has 0 fully saturated rings. The molecule has 0 N–H and O–H groups in total. The van der Waals surface area contributed by atoms with Crippen molar-refractivity contribution in [2.75, 3.05) is 0 Å². The highest BCUT2D eigenvalue weighted by atomic mass is 79.9. The van der Waals surface area contributed by atoms with Gasteiger partial charge in [0.1, 0.15) is 0 Å². The Hall–Kier alpha value is -0.790. The molecule has 0 heterocycles. The van der Waals surface area contributed by atoms with Gasteiger partial charge in [0.05, 0.1) is 0 Å². The fourth-order valence-electron chi connectivity index (χ4n) is 1.77. The summed E-state index contributed by atoms with van der Waals surface area (Å²) in [5, 5.41) is 0. The molecule has 0 bridgehead atoms. The van der Waals surface area contributed by atoms with Gasteiger partial charge in [0.25, 0.3) is 0 Å². The molecular formula is C12H10BrF7. The number of hydrogen-bond acceptors (Lipinski definition) is 0. The Labute approximate surface area is 119 Å². The van der Waals surface area contributed by atoms with Crippen molar-refractivity contribution in [3.63, 3.8) is 0 Å². The zero-order valence-corrected chi connectivity index (χ0v) is 11.8. The van der Waals surface area contributed by atoms with Crippen LogP contribution in [-0.2, 0) is 12.1 Å². The van der Waals surface area contributed by atoms with Gasteiger partial charge in [0.15, 0.2) is 0 Å². The molecule has 114 valence electrons. The highest BCUT2D eigenvalue weighted by molar-refractivity contribution is 9.10. The lowest BCUT2D eigenvalue weighted by molar-refractivity contribution is -0.348. The van der Waals surface area contributed by atoms with Crippen molar-refractivity contribution in [3.05, 3.63) is 33.8 Å². The standard InChI is InChI=1S/C12H10BrF7/c1-2-3-7-4-8(6-9(13)5-7)10(14,11(15,16)17)12(18,19)20/h4-6H,2-3H2,1H3. The van der Waals surface area contributed by atoms with Crippen molar-refractivity contribution in [1.29, 1.82) is 0 Å². The maximum absolute atomic E-state index is 13.9. The monoisotopic (exact) mass is 366 g/mol. The van der Waals surface area contributed by atoms with Gasteiger partial charge in [-0.25, -0.2) is 4.39 Å². The molecule has 0 aliphatic carbocycles. The summed E-state index contributed by atoms with van der Waals surface area (Å²) in [7, 11) is 0. The summed E-state index contributed by atoms with van der Waals surface area (Å²) in [6, 6.07) is 2.47. The van der Waals surface area contributed by atoms with Gasteiger partial charge in [0, 0.05) is 10.0 Å². The van der Waals surface area contributed by atoms with Crippen molar-refractivity contribution >= 4 is 15.9 Å². The van der Waals surface area contributed by atoms with Crippen LogP contribution in [0.15, 0.2) is 22.7 Å². The van der Waals surface area contributed by atoms with E-state index in [2.05, 4.69) is 15.9 Å². The van der Waals surface area contributed by atoms with Crippen molar-refractivity contribution in [1.82, 2.24) is 0 Å². The molecule has 1 aromatic carbocycles. The fraction of sp³-hybridized carbons (Fsp3) is 0.500. The second-order valence-electron chi connectivity index (χ2n) is 4.25. The van der Waals surface area contributed by atoms with E-state index in [9.17, 15) is 30.7 Å². The van der Waals surface area contributed by atoms with E-state index in [1.165, 1.54) is 6.07 Å². The van der Waals surface area contributed by atoms with E-state index < -0.39 is 23.6 Å². The molecule has 0 spiro atoms. The summed E-state index contributed by atoms with van der Waals surface area (Å²) in [4.78, 5) is 0. The first-order valence-corrected chi connectivity index (χ1v) is 6.35. The lowest BCUT2D eigenvalue weighted by Crippen LogP contribution is -2.50. The quantitative estimate of drug-likeness (QED) is 0.602. The van der Waals surface area contributed by atoms with E-state index in [1.807, 2.05) is 0 Å². The summed E-state index contributed by atoms with van der Waals surface area (Å²) in [6.45, 7) is 1.71. The van der Waals surface area contributed by atoms with Gasteiger partial charge in [0.2, 0.25) is 0 Å². The van der Waals surface area contributed by atoms with Crippen molar-refractivity contribution in [3.8, 4) is 0 Å². The number of hydrogen-bond donors (Lipinski definition) is 0. The maximum Gasteiger partial charge on any atom is 0.435 e. The van der Waals surface area contributed by atoms with Crippen LogP contribution in [0.1, 0.15) is 24.5 Å². The number of benzene rings is 1. The van der Waals surface area contributed by atoms with Gasteiger partial charge in [-0.2, -0.15) is 26.3 Å². The van der Waals surface area contributed by atoms with Crippen LogP contribution in [0.3, 0.4) is 0 Å². The average molecular weight is 367 g/mol. The van der Waals surface area contributed by atoms with E-state index in [1.54, 1.807) is 6.92 Å². The molecule has 1 aromatic rings. The smallest absolute Gasteiger partial charge is 0.218 e. The average Bonchev–Trinajstić information content (AvgIpc) is 2.24. The summed E-state index contributed by atoms with van der Waals surface area (Å²) in [5.41, 5.74) is -6.64. The predicted molar refractivity (Wildman–Crippen MR) is 63.0 cm³/mol. The highest BCUT2D eigenvalue weighted by Crippen LogP contribution is 2.53. The molecule has 0 amide bonds. The Morgan fingerprint density at radius 3 is 1.80 bits per heavy atom. The Balaban J connectivity index is 3.51. The van der Waals surface area contributed by atoms with Gasteiger partial charge in [-0.1, -0.05) is 35.3 Å². The van der Waals surface area contributed by atoms with Crippen molar-refractivity contribution < 1.29 is 30.7 Å². The minimum Gasteiger partial charge on any atom is -0.218 e. The molecule has 8 heteroatoms. The second kappa shape index (κ2) is 5.54. The van der Waals surface area contributed by atoms with E-state index in [4.69, 9.17) is 0 Å². The minimum atomic E-state index is -6.09. The predicted octanol–water partition coefficient (Wildman–Crippen LogP) is 5.69. The molecule has 0 unspecified atom stereocenters. The van der Waals surface area contributed by atoms with Crippen LogP contribution in [0.25, 0.3) is 0 Å². The normalized spacial score (nSPS) is 13.7. The Kier molecular flexibility index (Phi) is 4.78. The van der Waals surface area contributed by atoms with Crippen LogP contribution in [0.4, 0.5) is 30.7 Å². The van der Waals surface area contributed by atoms with Crippen molar-refractivity contribution in [2.24, 2.45) is 0 Å². The molecule has 20 heavy (non-hydrogen) atoms. The minimum absolute atomic E-state index is 0.0334. The summed E-state index contributed by atoms with van der Waals surface area (Å²) in [5.74, 6) is 0. The lowest BCUT2D eigenvalue weighted by atomic mass is 9.92. The summed E-state index contributed by atoms with van der Waals surface area (Å²) < 4.78 is 89.6. The largest absolute Gasteiger partial charge is 0.435 e. The van der Waals surface area contributed by atoms with E-state index in [-0.39, 0.29) is 16.5 Å². The Morgan fingerprint density at radius 1 is 0.900 bits per heavy atom. The molecule has 0 aliphatic rings. The zero-order chi connectivity index (χ0) is 15.8. The Morgan fingerprint density at radius 2 is 1.40 bits per heavy atom. The second-order valence-corrected chi connectivity index (χ2v) is 5.17. The van der Waals surface area contributed by atoms with Crippen LogP contribution in [0, 0.1) is 0 Å². The molecule has 0 saturated carbocycles. The first-order valence-electron chi connectivity index (χ1n) is 5.55. The third-order valence-corrected chi connectivity index (χ3v) is 3.13. The molecule has 0 saturated heterocycles. The SMILES string of the molecule is CCCc1cc(Br)cc(C(F)(C(F)(F)F)C(F)(F)F)c1. The van der Waals surface area contributed by atoms with Gasteiger partial charge in [-0.3, -0.25) is 0 Å². The third kappa shape index (κ3) is 3.10. The maximum atomic E-state index is 13.9. The van der Waals surface area contributed by atoms with Crippen LogP contribution >= 0.6 is 15.9 Å².